The standard InChI is InChI=1S/C12H8F3NO2S2/c1-20(17,18)8-4-2-7(3-5-8)19-12-10(14)6-9(13)11(15)16-12/h2-6H,1H3. The number of rotatable bonds is 3. The zero-order valence-electron chi connectivity index (χ0n) is 10.1. The van der Waals surface area contributed by atoms with Gasteiger partial charge in [0, 0.05) is 17.2 Å². The lowest BCUT2D eigenvalue weighted by molar-refractivity contribution is 0.448. The Morgan fingerprint density at radius 1 is 1.05 bits per heavy atom. The van der Waals surface area contributed by atoms with Gasteiger partial charge in [0.15, 0.2) is 21.5 Å². The van der Waals surface area contributed by atoms with E-state index in [4.69, 9.17) is 0 Å². The molecule has 2 aromatic rings. The molecule has 0 aliphatic heterocycles. The summed E-state index contributed by atoms with van der Waals surface area (Å²) in [7, 11) is -3.32. The molecule has 0 unspecified atom stereocenters. The molecule has 1 heterocycles. The molecule has 0 N–H and O–H groups in total. The predicted molar refractivity (Wildman–Crippen MR) is 67.8 cm³/mol. The Bertz CT molecular complexity index is 746. The van der Waals surface area contributed by atoms with Crippen LogP contribution in [-0.2, 0) is 9.84 Å². The molecule has 0 saturated heterocycles. The molecule has 8 heteroatoms. The average molecular weight is 319 g/mol. The first kappa shape index (κ1) is 14.9. The van der Waals surface area contributed by atoms with Gasteiger partial charge in [-0.1, -0.05) is 11.8 Å². The predicted octanol–water partition coefficient (Wildman–Crippen LogP) is 3.05. The number of hydrogen-bond acceptors (Lipinski definition) is 4. The monoisotopic (exact) mass is 319 g/mol. The molecule has 2 rings (SSSR count). The van der Waals surface area contributed by atoms with Crippen LogP contribution in [0.1, 0.15) is 0 Å². The molecule has 0 atom stereocenters. The summed E-state index contributed by atoms with van der Waals surface area (Å²) in [6, 6.07) is 5.97. The molecule has 106 valence electrons. The maximum atomic E-state index is 13.4. The van der Waals surface area contributed by atoms with E-state index in [1.54, 1.807) is 0 Å². The van der Waals surface area contributed by atoms with E-state index in [9.17, 15) is 21.6 Å². The summed E-state index contributed by atoms with van der Waals surface area (Å²) < 4.78 is 61.6. The molecule has 0 aliphatic carbocycles. The lowest BCUT2D eigenvalue weighted by atomic mass is 10.4. The highest BCUT2D eigenvalue weighted by atomic mass is 32.2. The second kappa shape index (κ2) is 5.45. The third-order valence-electron chi connectivity index (χ3n) is 2.32. The summed E-state index contributed by atoms with van der Waals surface area (Å²) in [5.74, 6) is -3.73. The molecule has 0 aliphatic rings. The lowest BCUT2D eigenvalue weighted by Gasteiger charge is -2.04. The summed E-state index contributed by atoms with van der Waals surface area (Å²) in [6.45, 7) is 0. The van der Waals surface area contributed by atoms with Gasteiger partial charge in [0.05, 0.1) is 4.90 Å². The van der Waals surface area contributed by atoms with Crippen LogP contribution in [-0.4, -0.2) is 19.7 Å². The third kappa shape index (κ3) is 3.31. The van der Waals surface area contributed by atoms with Gasteiger partial charge < -0.3 is 0 Å². The van der Waals surface area contributed by atoms with Gasteiger partial charge in [-0.05, 0) is 24.3 Å². The molecule has 0 spiro atoms. The van der Waals surface area contributed by atoms with Crippen molar-refractivity contribution in [1.29, 1.82) is 0 Å². The summed E-state index contributed by atoms with van der Waals surface area (Å²) in [5.41, 5.74) is 0. The molecule has 0 saturated carbocycles. The quantitative estimate of drug-likeness (QED) is 0.816. The van der Waals surface area contributed by atoms with E-state index in [-0.39, 0.29) is 9.92 Å². The Balaban J connectivity index is 2.29. The van der Waals surface area contributed by atoms with Crippen LogP contribution in [0.3, 0.4) is 0 Å². The van der Waals surface area contributed by atoms with Crippen molar-refractivity contribution < 1.29 is 21.6 Å². The van der Waals surface area contributed by atoms with E-state index in [0.717, 1.165) is 18.0 Å². The fourth-order valence-electron chi connectivity index (χ4n) is 1.37. The molecular weight excluding hydrogens is 311 g/mol. The van der Waals surface area contributed by atoms with Crippen molar-refractivity contribution >= 4 is 21.6 Å². The van der Waals surface area contributed by atoms with Crippen LogP contribution in [0.25, 0.3) is 0 Å². The second-order valence-electron chi connectivity index (χ2n) is 3.89. The number of sulfone groups is 1. The Hall–Kier alpha value is -1.54. The third-order valence-corrected chi connectivity index (χ3v) is 4.44. The van der Waals surface area contributed by atoms with Crippen LogP contribution in [0.4, 0.5) is 13.2 Å². The van der Waals surface area contributed by atoms with E-state index < -0.39 is 27.4 Å². The molecule has 0 radical (unpaired) electrons. The lowest BCUT2D eigenvalue weighted by Crippen LogP contribution is -1.97. The van der Waals surface area contributed by atoms with Crippen molar-refractivity contribution in [3.8, 4) is 0 Å². The topological polar surface area (TPSA) is 47.0 Å². The minimum atomic E-state index is -3.32. The Labute approximate surface area is 117 Å². The second-order valence-corrected chi connectivity index (χ2v) is 6.97. The van der Waals surface area contributed by atoms with E-state index in [1.165, 1.54) is 24.3 Å². The van der Waals surface area contributed by atoms with Crippen LogP contribution in [0.15, 0.2) is 45.1 Å². The number of pyridine rings is 1. The maximum absolute atomic E-state index is 13.4. The average Bonchev–Trinajstić information content (AvgIpc) is 2.35. The molecule has 20 heavy (non-hydrogen) atoms. The summed E-state index contributed by atoms with van der Waals surface area (Å²) >= 11 is 0.769. The highest BCUT2D eigenvalue weighted by Crippen LogP contribution is 2.29. The molecule has 0 fully saturated rings. The van der Waals surface area contributed by atoms with E-state index in [2.05, 4.69) is 4.98 Å². The first-order chi connectivity index (χ1) is 9.27. The van der Waals surface area contributed by atoms with Gasteiger partial charge in [0.25, 0.3) is 0 Å². The van der Waals surface area contributed by atoms with Crippen LogP contribution < -0.4 is 0 Å². The van der Waals surface area contributed by atoms with Crippen LogP contribution in [0, 0.1) is 17.6 Å². The first-order valence-corrected chi connectivity index (χ1v) is 7.97. The fourth-order valence-corrected chi connectivity index (χ4v) is 2.77. The van der Waals surface area contributed by atoms with Crippen LogP contribution >= 0.6 is 11.8 Å². The van der Waals surface area contributed by atoms with Gasteiger partial charge in [0.2, 0.25) is 5.95 Å². The number of benzene rings is 1. The smallest absolute Gasteiger partial charge is 0.224 e. The Morgan fingerprint density at radius 3 is 2.20 bits per heavy atom. The maximum Gasteiger partial charge on any atom is 0.250 e. The summed E-state index contributed by atoms with van der Waals surface area (Å²) in [4.78, 5) is 3.73. The normalized spacial score (nSPS) is 11.6. The fraction of sp³-hybridized carbons (Fsp3) is 0.0833. The first-order valence-electron chi connectivity index (χ1n) is 5.27. The van der Waals surface area contributed by atoms with Gasteiger partial charge in [-0.2, -0.15) is 4.39 Å². The van der Waals surface area contributed by atoms with Crippen molar-refractivity contribution in [3.63, 3.8) is 0 Å². The van der Waals surface area contributed by atoms with Gasteiger partial charge in [-0.25, -0.2) is 22.2 Å². The van der Waals surface area contributed by atoms with Crippen molar-refractivity contribution in [2.24, 2.45) is 0 Å². The number of halogens is 3. The minimum Gasteiger partial charge on any atom is -0.224 e. The summed E-state index contributed by atoms with van der Waals surface area (Å²) in [5, 5.41) is -0.323. The molecule has 0 amide bonds. The minimum absolute atomic E-state index is 0.112. The van der Waals surface area contributed by atoms with Crippen LogP contribution in [0.2, 0.25) is 0 Å². The molecular formula is C12H8F3NO2S2. The molecule has 3 nitrogen and oxygen atoms in total. The Kier molecular flexibility index (Phi) is 4.05. The Morgan fingerprint density at radius 2 is 1.65 bits per heavy atom. The van der Waals surface area contributed by atoms with E-state index in [0.29, 0.717) is 11.0 Å². The van der Waals surface area contributed by atoms with Crippen molar-refractivity contribution in [1.82, 2.24) is 4.98 Å². The molecule has 1 aromatic heterocycles. The zero-order valence-corrected chi connectivity index (χ0v) is 11.7. The van der Waals surface area contributed by atoms with Crippen LogP contribution in [0.5, 0.6) is 0 Å². The van der Waals surface area contributed by atoms with Gasteiger partial charge in [-0.3, -0.25) is 0 Å². The van der Waals surface area contributed by atoms with Gasteiger partial charge in [0.1, 0.15) is 5.03 Å². The van der Waals surface area contributed by atoms with Crippen molar-refractivity contribution in [2.45, 2.75) is 14.8 Å². The summed E-state index contributed by atoms with van der Waals surface area (Å²) in [6.07, 6.45) is 1.06. The number of hydrogen-bond donors (Lipinski definition) is 0. The highest BCUT2D eigenvalue weighted by Gasteiger charge is 2.13. The largest absolute Gasteiger partial charge is 0.250 e. The van der Waals surface area contributed by atoms with Gasteiger partial charge in [-0.15, -0.1) is 0 Å². The number of aromatic nitrogens is 1. The molecule has 1 aromatic carbocycles. The number of nitrogens with zero attached hydrogens (tertiary/aromatic N) is 1. The highest BCUT2D eigenvalue weighted by molar-refractivity contribution is 7.99. The zero-order chi connectivity index (χ0) is 14.9. The SMILES string of the molecule is CS(=O)(=O)c1ccc(Sc2nc(F)c(F)cc2F)cc1. The van der Waals surface area contributed by atoms with E-state index >= 15 is 0 Å². The van der Waals surface area contributed by atoms with Crippen molar-refractivity contribution in [2.75, 3.05) is 6.26 Å². The van der Waals surface area contributed by atoms with Gasteiger partial charge >= 0.3 is 0 Å². The van der Waals surface area contributed by atoms with Crippen molar-refractivity contribution in [3.05, 3.63) is 47.9 Å². The molecule has 0 bridgehead atoms. The van der Waals surface area contributed by atoms with E-state index in [1.807, 2.05) is 0 Å².